The summed E-state index contributed by atoms with van der Waals surface area (Å²) in [4.78, 5) is 17.9. The fraction of sp³-hybridized carbons (Fsp3) is 0.643. The number of carbonyl (C=O) groups is 1. The summed E-state index contributed by atoms with van der Waals surface area (Å²) < 4.78 is 15.5. The number of ether oxygens (including phenoxy) is 3. The monoisotopic (exact) mass is 505 g/mol. The number of carbonyl (C=O) groups excluding carboxylic acids is 1. The van der Waals surface area contributed by atoms with E-state index in [1.54, 1.807) is 0 Å². The van der Waals surface area contributed by atoms with Crippen molar-refractivity contribution in [1.82, 2.24) is 0 Å². The van der Waals surface area contributed by atoms with Crippen LogP contribution in [0, 0.1) is 6.92 Å². The van der Waals surface area contributed by atoms with Crippen LogP contribution in [-0.2, 0) is 19.1 Å². The Kier molecular flexibility index (Phi) is 15.1. The van der Waals surface area contributed by atoms with E-state index in [-0.39, 0.29) is 5.76 Å². The van der Waals surface area contributed by atoms with Gasteiger partial charge < -0.3 is 19.0 Å². The molecule has 0 spiro atoms. The highest BCUT2D eigenvalue weighted by atomic mass is 28.3. The number of hydrogen-bond acceptors (Lipinski definition) is 6. The van der Waals surface area contributed by atoms with E-state index in [2.05, 4.69) is 25.6 Å². The Labute approximate surface area is 214 Å². The Hall–Kier alpha value is -2.28. The van der Waals surface area contributed by atoms with Gasteiger partial charge in [-0.25, -0.2) is 4.79 Å². The normalized spacial score (nSPS) is 12.4. The van der Waals surface area contributed by atoms with Crippen LogP contribution in [-0.4, -0.2) is 40.2 Å². The lowest BCUT2D eigenvalue weighted by Crippen LogP contribution is -2.36. The Morgan fingerprint density at radius 2 is 1.63 bits per heavy atom. The number of hydrogen-bond donors (Lipinski definition) is 0. The highest BCUT2D eigenvalue weighted by Gasteiger charge is 2.27. The summed E-state index contributed by atoms with van der Waals surface area (Å²) >= 11 is 0. The fourth-order valence-corrected chi connectivity index (χ4v) is 7.06. The molecule has 0 saturated carbocycles. The van der Waals surface area contributed by atoms with Crippen LogP contribution in [0.1, 0.15) is 83.3 Å². The first kappa shape index (κ1) is 30.7. The van der Waals surface area contributed by atoms with Crippen molar-refractivity contribution >= 4 is 19.8 Å². The second-order valence-electron chi connectivity index (χ2n) is 9.67. The van der Waals surface area contributed by atoms with E-state index in [0.29, 0.717) is 5.75 Å². The number of nitrogens with zero attached hydrogens (tertiary/aromatic N) is 1. The van der Waals surface area contributed by atoms with Crippen LogP contribution in [0.2, 0.25) is 18.6 Å². The molecule has 1 aromatic rings. The van der Waals surface area contributed by atoms with Crippen molar-refractivity contribution in [3.05, 3.63) is 41.3 Å². The van der Waals surface area contributed by atoms with Crippen LogP contribution < -0.4 is 4.74 Å². The fourth-order valence-electron chi connectivity index (χ4n) is 3.94. The molecule has 0 heterocycles. The molecule has 0 aromatic heterocycles. The van der Waals surface area contributed by atoms with E-state index in [1.165, 1.54) is 83.9 Å². The van der Waals surface area contributed by atoms with Crippen molar-refractivity contribution in [3.8, 4) is 5.75 Å². The summed E-state index contributed by atoms with van der Waals surface area (Å²) in [6.07, 6.45) is 12.4. The Bertz CT molecular complexity index is 810. The maximum Gasteiger partial charge on any atom is 0.377 e. The van der Waals surface area contributed by atoms with Gasteiger partial charge in [0.1, 0.15) is 18.2 Å². The van der Waals surface area contributed by atoms with Gasteiger partial charge in [-0.15, -0.1) is 0 Å². The number of oxime groups is 1. The van der Waals surface area contributed by atoms with E-state index in [4.69, 9.17) is 19.0 Å². The number of methoxy groups -OCH3 is 2. The predicted octanol–water partition coefficient (Wildman–Crippen LogP) is 7.55. The first-order chi connectivity index (χ1) is 16.8. The number of rotatable bonds is 18. The third-order valence-corrected chi connectivity index (χ3v) is 10.3. The maximum atomic E-state index is 12.0. The lowest BCUT2D eigenvalue weighted by molar-refractivity contribution is -0.138. The average Bonchev–Trinajstić information content (AvgIpc) is 2.85. The molecule has 1 aromatic carbocycles. The zero-order chi connectivity index (χ0) is 26.1. The Balaban J connectivity index is 2.89. The quantitative estimate of drug-likeness (QED) is 0.0392. The van der Waals surface area contributed by atoms with Gasteiger partial charge in [-0.05, 0) is 25.5 Å². The maximum absolute atomic E-state index is 12.0. The van der Waals surface area contributed by atoms with E-state index in [0.717, 1.165) is 23.1 Å². The molecule has 0 aliphatic carbocycles. The molecule has 35 heavy (non-hydrogen) atoms. The minimum absolute atomic E-state index is 0.0194. The molecule has 0 radical (unpaired) electrons. The Morgan fingerprint density at radius 3 is 2.17 bits per heavy atom. The van der Waals surface area contributed by atoms with Crippen molar-refractivity contribution < 1.29 is 23.8 Å². The molecule has 7 heteroatoms. The molecule has 0 amide bonds. The summed E-state index contributed by atoms with van der Waals surface area (Å²) in [6, 6.07) is 8.38. The van der Waals surface area contributed by atoms with Crippen LogP contribution in [0.25, 0.3) is 0 Å². The lowest BCUT2D eigenvalue weighted by Gasteiger charge is -2.26. The van der Waals surface area contributed by atoms with E-state index in [9.17, 15) is 4.79 Å². The Morgan fingerprint density at radius 1 is 1.00 bits per heavy atom. The van der Waals surface area contributed by atoms with E-state index < -0.39 is 14.0 Å². The summed E-state index contributed by atoms with van der Waals surface area (Å²) in [6.45, 7) is 10.8. The SMILES string of the molecule is CCCCCC[Si](C)(CCCCCC)CON=C(C)c1ccc(C)c(OC(=COC)C(=O)OC)c1. The molecule has 1 rings (SSSR count). The number of esters is 1. The third kappa shape index (κ3) is 11.8. The average molecular weight is 506 g/mol. The van der Waals surface area contributed by atoms with Gasteiger partial charge in [0.15, 0.2) is 0 Å². The molecule has 0 N–H and O–H groups in total. The summed E-state index contributed by atoms with van der Waals surface area (Å²) in [5.74, 6) is -0.0849. The summed E-state index contributed by atoms with van der Waals surface area (Å²) in [5, 5.41) is 4.47. The first-order valence-corrected chi connectivity index (χ1v) is 16.2. The standard InChI is InChI=1S/C28H47NO5Si/c1-8-10-12-14-18-35(7,19-15-13-11-9-2)22-33-29-24(4)25-17-16-23(3)26(20-25)34-27(21-31-5)28(30)32-6/h16-17,20-21H,8-15,18-19,22H2,1-7H3. The van der Waals surface area contributed by atoms with Gasteiger partial charge in [0.05, 0.1) is 28.0 Å². The van der Waals surface area contributed by atoms with Crippen LogP contribution in [0.4, 0.5) is 0 Å². The van der Waals surface area contributed by atoms with Gasteiger partial charge >= 0.3 is 5.97 Å². The highest BCUT2D eigenvalue weighted by molar-refractivity contribution is 6.78. The van der Waals surface area contributed by atoms with E-state index >= 15 is 0 Å². The van der Waals surface area contributed by atoms with Crippen LogP contribution in [0.3, 0.4) is 0 Å². The lowest BCUT2D eigenvalue weighted by atomic mass is 10.1. The third-order valence-electron chi connectivity index (χ3n) is 6.32. The van der Waals surface area contributed by atoms with Crippen molar-refractivity contribution in [2.75, 3.05) is 20.4 Å². The molecule has 0 atom stereocenters. The molecule has 0 saturated heterocycles. The minimum atomic E-state index is -1.51. The second-order valence-corrected chi connectivity index (χ2v) is 14.6. The van der Waals surface area contributed by atoms with Crippen LogP contribution >= 0.6 is 0 Å². The second kappa shape index (κ2) is 17.2. The topological polar surface area (TPSA) is 66.3 Å². The molecule has 0 unspecified atom stereocenters. The molecule has 0 aliphatic rings. The molecular formula is C28H47NO5Si. The smallest absolute Gasteiger partial charge is 0.377 e. The summed E-state index contributed by atoms with van der Waals surface area (Å²) in [5.41, 5.74) is 2.53. The molecule has 198 valence electrons. The van der Waals surface area contributed by atoms with Crippen molar-refractivity contribution in [2.24, 2.45) is 5.16 Å². The minimum Gasteiger partial charge on any atom is -0.500 e. The molecule has 0 aliphatic heterocycles. The highest BCUT2D eigenvalue weighted by Crippen LogP contribution is 2.25. The zero-order valence-corrected chi connectivity index (χ0v) is 24.1. The molecule has 6 nitrogen and oxygen atoms in total. The largest absolute Gasteiger partial charge is 0.500 e. The van der Waals surface area contributed by atoms with Crippen molar-refractivity contribution in [1.29, 1.82) is 0 Å². The van der Waals surface area contributed by atoms with Crippen LogP contribution in [0.5, 0.6) is 5.75 Å². The molecular weight excluding hydrogens is 458 g/mol. The van der Waals surface area contributed by atoms with Gasteiger partial charge in [0.2, 0.25) is 5.76 Å². The van der Waals surface area contributed by atoms with Gasteiger partial charge in [0, 0.05) is 5.56 Å². The first-order valence-electron chi connectivity index (χ1n) is 13.1. The van der Waals surface area contributed by atoms with E-state index in [1.807, 2.05) is 32.0 Å². The van der Waals surface area contributed by atoms with Crippen LogP contribution in [0.15, 0.2) is 35.4 Å². The van der Waals surface area contributed by atoms with Gasteiger partial charge in [-0.3, -0.25) is 0 Å². The zero-order valence-electron chi connectivity index (χ0n) is 23.1. The number of benzene rings is 1. The number of unbranched alkanes of at least 4 members (excludes halogenated alkanes) is 6. The van der Waals surface area contributed by atoms with Crippen molar-refractivity contribution in [3.63, 3.8) is 0 Å². The summed E-state index contributed by atoms with van der Waals surface area (Å²) in [7, 11) is 1.24. The van der Waals surface area contributed by atoms with Gasteiger partial charge in [-0.2, -0.15) is 0 Å². The predicted molar refractivity (Wildman–Crippen MR) is 147 cm³/mol. The van der Waals surface area contributed by atoms with Gasteiger partial charge in [-0.1, -0.05) is 101 Å². The number of aryl methyl sites for hydroxylation is 1. The van der Waals surface area contributed by atoms with Crippen molar-refractivity contribution in [2.45, 2.75) is 97.7 Å². The van der Waals surface area contributed by atoms with Gasteiger partial charge in [0.25, 0.3) is 0 Å². The molecule has 0 bridgehead atoms. The molecule has 0 fully saturated rings.